The molecule has 0 aromatic heterocycles. The van der Waals surface area contributed by atoms with Gasteiger partial charge in [-0.05, 0) is 50.3 Å². The van der Waals surface area contributed by atoms with Crippen LogP contribution in [0.1, 0.15) is 57.8 Å². The van der Waals surface area contributed by atoms with Gasteiger partial charge in [0.05, 0.1) is 12.5 Å². The van der Waals surface area contributed by atoms with E-state index in [9.17, 15) is 9.59 Å². The molecule has 3 rings (SSSR count). The van der Waals surface area contributed by atoms with Crippen molar-refractivity contribution >= 4 is 27.7 Å². The van der Waals surface area contributed by atoms with E-state index in [1.807, 2.05) is 29.2 Å². The summed E-state index contributed by atoms with van der Waals surface area (Å²) in [7, 11) is 0. The number of halogens is 1. The summed E-state index contributed by atoms with van der Waals surface area (Å²) in [6, 6.07) is 8.04. The minimum absolute atomic E-state index is 0.0578. The summed E-state index contributed by atoms with van der Waals surface area (Å²) in [5, 5.41) is 3.22. The zero-order chi connectivity index (χ0) is 19.8. The number of rotatable bonds is 7. The predicted octanol–water partition coefficient (Wildman–Crippen LogP) is 4.30. The quantitative estimate of drug-likeness (QED) is 0.629. The van der Waals surface area contributed by atoms with Crippen LogP contribution in [0.4, 0.5) is 0 Å². The lowest BCUT2D eigenvalue weighted by molar-refractivity contribution is -0.136. The Labute approximate surface area is 176 Å². The monoisotopic (exact) mass is 450 g/mol. The molecular weight excluding hydrogens is 420 g/mol. The first kappa shape index (κ1) is 21.2. The van der Waals surface area contributed by atoms with Gasteiger partial charge in [-0.1, -0.05) is 41.3 Å². The molecule has 1 atom stereocenters. The second-order valence-electron chi connectivity index (χ2n) is 7.93. The number of carbonyl (C=O) groups is 2. The van der Waals surface area contributed by atoms with Crippen LogP contribution in [-0.2, 0) is 9.59 Å². The minimum atomic E-state index is -0.0578. The first-order valence-electron chi connectivity index (χ1n) is 10.6. The van der Waals surface area contributed by atoms with E-state index in [1.165, 1.54) is 19.3 Å². The lowest BCUT2D eigenvalue weighted by atomic mass is 9.93. The zero-order valence-corrected chi connectivity index (χ0v) is 18.1. The summed E-state index contributed by atoms with van der Waals surface area (Å²) >= 11 is 3.42. The van der Waals surface area contributed by atoms with Crippen LogP contribution >= 0.6 is 15.9 Å². The van der Waals surface area contributed by atoms with Gasteiger partial charge in [0.2, 0.25) is 11.8 Å². The van der Waals surface area contributed by atoms with Crippen molar-refractivity contribution in [1.82, 2.24) is 10.2 Å². The summed E-state index contributed by atoms with van der Waals surface area (Å²) in [6.45, 7) is 1.84. The summed E-state index contributed by atoms with van der Waals surface area (Å²) < 4.78 is 6.68. The van der Waals surface area contributed by atoms with E-state index < -0.39 is 0 Å². The molecule has 1 N–H and O–H groups in total. The molecule has 1 heterocycles. The Kier molecular flexibility index (Phi) is 8.19. The van der Waals surface area contributed by atoms with Crippen molar-refractivity contribution in [2.24, 2.45) is 5.92 Å². The molecule has 0 bridgehead atoms. The fraction of sp³-hybridized carbons (Fsp3) is 0.636. The maximum absolute atomic E-state index is 12.6. The molecule has 0 spiro atoms. The van der Waals surface area contributed by atoms with Gasteiger partial charge in [-0.15, -0.1) is 0 Å². The van der Waals surface area contributed by atoms with Gasteiger partial charge in [-0.25, -0.2) is 0 Å². The van der Waals surface area contributed by atoms with Crippen LogP contribution in [0.2, 0.25) is 0 Å². The third-order valence-electron chi connectivity index (χ3n) is 5.70. The summed E-state index contributed by atoms with van der Waals surface area (Å²) in [4.78, 5) is 27.0. The van der Waals surface area contributed by atoms with Gasteiger partial charge in [0, 0.05) is 30.0 Å². The highest BCUT2D eigenvalue weighted by molar-refractivity contribution is 9.10. The number of hydrogen-bond donors (Lipinski definition) is 1. The number of piperidine rings is 1. The van der Waals surface area contributed by atoms with Crippen LogP contribution in [0.5, 0.6) is 5.75 Å². The number of ether oxygens (including phenoxy) is 1. The first-order valence-corrected chi connectivity index (χ1v) is 11.4. The first-order chi connectivity index (χ1) is 13.6. The fourth-order valence-corrected chi connectivity index (χ4v) is 4.49. The normalized spacial score (nSPS) is 20.6. The van der Waals surface area contributed by atoms with Crippen molar-refractivity contribution in [2.75, 3.05) is 19.7 Å². The zero-order valence-electron chi connectivity index (χ0n) is 16.5. The van der Waals surface area contributed by atoms with Crippen LogP contribution in [0.25, 0.3) is 0 Å². The van der Waals surface area contributed by atoms with Crippen molar-refractivity contribution in [3.63, 3.8) is 0 Å². The summed E-state index contributed by atoms with van der Waals surface area (Å²) in [5.74, 6) is 1.02. The maximum atomic E-state index is 12.6. The Bertz CT molecular complexity index is 661. The molecule has 2 aliphatic rings. The molecule has 2 amide bonds. The molecule has 6 heteroatoms. The van der Waals surface area contributed by atoms with Crippen molar-refractivity contribution < 1.29 is 14.3 Å². The lowest BCUT2D eigenvalue weighted by Gasteiger charge is -2.33. The summed E-state index contributed by atoms with van der Waals surface area (Å²) in [6.07, 6.45) is 8.83. The third-order valence-corrected chi connectivity index (χ3v) is 6.19. The van der Waals surface area contributed by atoms with Crippen molar-refractivity contribution in [1.29, 1.82) is 0 Å². The largest absolute Gasteiger partial charge is 0.494 e. The van der Waals surface area contributed by atoms with Gasteiger partial charge in [0.15, 0.2) is 0 Å². The van der Waals surface area contributed by atoms with Gasteiger partial charge in [0.25, 0.3) is 0 Å². The van der Waals surface area contributed by atoms with Crippen LogP contribution < -0.4 is 10.1 Å². The van der Waals surface area contributed by atoms with Crippen LogP contribution in [-0.4, -0.2) is 42.5 Å². The van der Waals surface area contributed by atoms with E-state index in [0.29, 0.717) is 32.0 Å². The van der Waals surface area contributed by atoms with Gasteiger partial charge in [-0.2, -0.15) is 0 Å². The standard InChI is InChI=1S/C22H31BrN2O3/c23-18-8-4-11-20(15-18)28-14-6-12-21(26)25-13-5-7-17(16-25)22(27)24-19-9-2-1-3-10-19/h4,8,11,15,17,19H,1-3,5-7,9-10,12-14,16H2,(H,24,27). The second-order valence-corrected chi connectivity index (χ2v) is 8.85. The van der Waals surface area contributed by atoms with E-state index in [1.54, 1.807) is 0 Å². The van der Waals surface area contributed by atoms with E-state index in [-0.39, 0.29) is 17.7 Å². The molecule has 1 unspecified atom stereocenters. The lowest BCUT2D eigenvalue weighted by Crippen LogP contribution is -2.47. The molecule has 1 saturated carbocycles. The predicted molar refractivity (Wildman–Crippen MR) is 113 cm³/mol. The molecule has 1 aliphatic heterocycles. The Morgan fingerprint density at radius 2 is 1.96 bits per heavy atom. The van der Waals surface area contributed by atoms with E-state index in [4.69, 9.17) is 4.74 Å². The molecule has 2 fully saturated rings. The SMILES string of the molecule is O=C(NC1CCCCC1)C1CCCN(C(=O)CCCOc2cccc(Br)c2)C1. The number of likely N-dealkylation sites (tertiary alicyclic amines) is 1. The Morgan fingerprint density at radius 3 is 2.75 bits per heavy atom. The number of carbonyl (C=O) groups excluding carboxylic acids is 2. The van der Waals surface area contributed by atoms with Crippen molar-refractivity contribution in [3.05, 3.63) is 28.7 Å². The molecule has 1 aromatic rings. The fourth-order valence-electron chi connectivity index (χ4n) is 4.11. The molecule has 1 aromatic carbocycles. The third kappa shape index (κ3) is 6.50. The molecular formula is C22H31BrN2O3. The maximum Gasteiger partial charge on any atom is 0.225 e. The average Bonchev–Trinajstić information content (AvgIpc) is 2.72. The minimum Gasteiger partial charge on any atom is -0.494 e. The van der Waals surface area contributed by atoms with Gasteiger partial charge in [0.1, 0.15) is 5.75 Å². The number of nitrogens with one attached hydrogen (secondary N) is 1. The molecule has 154 valence electrons. The molecule has 1 saturated heterocycles. The Morgan fingerprint density at radius 1 is 1.14 bits per heavy atom. The number of nitrogens with zero attached hydrogens (tertiary/aromatic N) is 1. The molecule has 0 radical (unpaired) electrons. The second kappa shape index (κ2) is 10.8. The Hall–Kier alpha value is -1.56. The van der Waals surface area contributed by atoms with E-state index >= 15 is 0 Å². The highest BCUT2D eigenvalue weighted by Gasteiger charge is 2.29. The van der Waals surface area contributed by atoms with Gasteiger partial charge < -0.3 is 15.0 Å². The molecule has 28 heavy (non-hydrogen) atoms. The smallest absolute Gasteiger partial charge is 0.225 e. The van der Waals surface area contributed by atoms with Crippen molar-refractivity contribution in [3.8, 4) is 5.75 Å². The Balaban J connectivity index is 1.38. The van der Waals surface area contributed by atoms with E-state index in [2.05, 4.69) is 21.2 Å². The van der Waals surface area contributed by atoms with Crippen LogP contribution in [0.15, 0.2) is 28.7 Å². The van der Waals surface area contributed by atoms with Crippen LogP contribution in [0.3, 0.4) is 0 Å². The number of amides is 2. The topological polar surface area (TPSA) is 58.6 Å². The average molecular weight is 451 g/mol. The van der Waals surface area contributed by atoms with Gasteiger partial charge >= 0.3 is 0 Å². The summed E-state index contributed by atoms with van der Waals surface area (Å²) in [5.41, 5.74) is 0. The van der Waals surface area contributed by atoms with Crippen LogP contribution in [0, 0.1) is 5.92 Å². The van der Waals surface area contributed by atoms with Crippen molar-refractivity contribution in [2.45, 2.75) is 63.8 Å². The highest BCUT2D eigenvalue weighted by Crippen LogP contribution is 2.22. The van der Waals surface area contributed by atoms with E-state index in [0.717, 1.165) is 42.5 Å². The van der Waals surface area contributed by atoms with Gasteiger partial charge in [-0.3, -0.25) is 9.59 Å². The number of hydrogen-bond acceptors (Lipinski definition) is 3. The molecule has 1 aliphatic carbocycles. The molecule has 5 nitrogen and oxygen atoms in total. The number of benzene rings is 1. The highest BCUT2D eigenvalue weighted by atomic mass is 79.9.